The van der Waals surface area contributed by atoms with Gasteiger partial charge in [-0.2, -0.15) is 8.78 Å². The maximum Gasteiger partial charge on any atom is 0.410 e. The number of rotatable bonds is 7. The molecule has 10 nitrogen and oxygen atoms in total. The highest BCUT2D eigenvalue weighted by Crippen LogP contribution is 2.28. The van der Waals surface area contributed by atoms with Crippen LogP contribution in [-0.4, -0.2) is 69.2 Å². The van der Waals surface area contributed by atoms with Crippen LogP contribution < -0.4 is 15.2 Å². The fourth-order valence-corrected chi connectivity index (χ4v) is 5.40. The molecule has 2 aromatic heterocycles. The van der Waals surface area contributed by atoms with Crippen molar-refractivity contribution in [1.29, 1.82) is 0 Å². The number of fused-ring (bicyclic) bond motifs is 2. The number of benzene rings is 2. The second-order valence-corrected chi connectivity index (χ2v) is 9.96. The molecule has 4 heterocycles. The molecule has 2 aromatic carbocycles. The van der Waals surface area contributed by atoms with Gasteiger partial charge in [-0.25, -0.2) is 14.8 Å². The standard InChI is InChI=1S/C29H26F2N6O4/c1-3-4-18-5-8-25(41-27(30)31)20(11-18)15-37-24-12-19(6-7-23(24)26(38)34(37)2)21-13-32-28(33-14-21)35-9-10-36-22(16-35)17-40-29(36)39/h1,5-8,11-14,22,27H,4,9-10,15-17H2,2H3/t22-/m1/s1. The number of hydrogen-bond donors (Lipinski definition) is 0. The summed E-state index contributed by atoms with van der Waals surface area (Å²) >= 11 is 0. The number of anilines is 1. The van der Waals surface area contributed by atoms with Gasteiger partial charge in [0.05, 0.1) is 23.5 Å². The molecule has 0 N–H and O–H groups in total. The van der Waals surface area contributed by atoms with Gasteiger partial charge in [0.25, 0.3) is 5.56 Å². The van der Waals surface area contributed by atoms with Gasteiger partial charge in [0.1, 0.15) is 12.4 Å². The Kier molecular flexibility index (Phi) is 6.78. The van der Waals surface area contributed by atoms with E-state index in [1.54, 1.807) is 47.2 Å². The minimum absolute atomic E-state index is 0.0179. The molecule has 12 heteroatoms. The third-order valence-electron chi connectivity index (χ3n) is 7.50. The van der Waals surface area contributed by atoms with Gasteiger partial charge in [-0.3, -0.25) is 19.1 Å². The maximum absolute atomic E-state index is 13.1. The summed E-state index contributed by atoms with van der Waals surface area (Å²) in [5.41, 5.74) is 3.17. The van der Waals surface area contributed by atoms with E-state index in [-0.39, 0.29) is 30.0 Å². The predicted molar refractivity (Wildman–Crippen MR) is 147 cm³/mol. The minimum atomic E-state index is -3.00. The monoisotopic (exact) mass is 560 g/mol. The van der Waals surface area contributed by atoms with Gasteiger partial charge < -0.3 is 14.4 Å². The Hall–Kier alpha value is -4.92. The van der Waals surface area contributed by atoms with Crippen LogP contribution in [-0.2, 0) is 24.8 Å². The van der Waals surface area contributed by atoms with Crippen molar-refractivity contribution in [3.63, 3.8) is 0 Å². The fraction of sp³-hybridized carbons (Fsp3) is 0.310. The molecule has 0 saturated carbocycles. The first-order valence-corrected chi connectivity index (χ1v) is 13.0. The van der Waals surface area contributed by atoms with Crippen LogP contribution in [0.1, 0.15) is 11.1 Å². The Bertz CT molecular complexity index is 1730. The summed E-state index contributed by atoms with van der Waals surface area (Å²) in [6.45, 7) is -0.790. The van der Waals surface area contributed by atoms with Gasteiger partial charge >= 0.3 is 12.7 Å². The van der Waals surface area contributed by atoms with Gasteiger partial charge in [0, 0.05) is 56.6 Å². The number of aromatic nitrogens is 4. The van der Waals surface area contributed by atoms with Crippen LogP contribution >= 0.6 is 0 Å². The van der Waals surface area contributed by atoms with Crippen molar-refractivity contribution < 1.29 is 23.0 Å². The molecule has 0 unspecified atom stereocenters. The van der Waals surface area contributed by atoms with Crippen molar-refractivity contribution in [3.8, 4) is 29.2 Å². The first-order valence-electron chi connectivity index (χ1n) is 13.0. The molecule has 1 amide bonds. The summed E-state index contributed by atoms with van der Waals surface area (Å²) in [6, 6.07) is 10.2. The van der Waals surface area contributed by atoms with Gasteiger partial charge in [-0.05, 0) is 35.4 Å². The molecular weight excluding hydrogens is 534 g/mol. The lowest BCUT2D eigenvalue weighted by molar-refractivity contribution is -0.0505. The Morgan fingerprint density at radius 1 is 1.12 bits per heavy atom. The van der Waals surface area contributed by atoms with E-state index in [1.807, 2.05) is 17.0 Å². The Morgan fingerprint density at radius 3 is 2.68 bits per heavy atom. The number of nitrogens with zero attached hydrogens (tertiary/aromatic N) is 6. The molecule has 2 aliphatic rings. The molecule has 210 valence electrons. The van der Waals surface area contributed by atoms with E-state index in [1.165, 1.54) is 10.7 Å². The van der Waals surface area contributed by atoms with E-state index in [0.29, 0.717) is 55.1 Å². The molecule has 1 atom stereocenters. The summed E-state index contributed by atoms with van der Waals surface area (Å²) in [5.74, 6) is 3.13. The van der Waals surface area contributed by atoms with E-state index in [9.17, 15) is 18.4 Å². The number of carbonyl (C=O) groups is 1. The second-order valence-electron chi connectivity index (χ2n) is 9.96. The largest absolute Gasteiger partial charge is 0.447 e. The van der Waals surface area contributed by atoms with Crippen molar-refractivity contribution >= 4 is 22.9 Å². The second kappa shape index (κ2) is 10.6. The Balaban J connectivity index is 1.31. The summed E-state index contributed by atoms with van der Waals surface area (Å²) in [6.07, 6.45) is 8.93. The molecule has 0 aliphatic carbocycles. The molecule has 2 fully saturated rings. The van der Waals surface area contributed by atoms with E-state index in [0.717, 1.165) is 16.7 Å². The van der Waals surface area contributed by atoms with Crippen LogP contribution in [0.2, 0.25) is 0 Å². The number of hydrogen-bond acceptors (Lipinski definition) is 7. The fourth-order valence-electron chi connectivity index (χ4n) is 5.40. The highest BCUT2D eigenvalue weighted by molar-refractivity contribution is 5.84. The molecule has 2 saturated heterocycles. The maximum atomic E-state index is 13.1. The number of ether oxygens (including phenoxy) is 2. The number of terminal acetylenes is 1. The minimum Gasteiger partial charge on any atom is -0.447 e. The summed E-state index contributed by atoms with van der Waals surface area (Å²) in [5, 5.41) is 0.482. The normalized spacial score (nSPS) is 16.7. The molecule has 4 aromatic rings. The topological polar surface area (TPSA) is 94.7 Å². The summed E-state index contributed by atoms with van der Waals surface area (Å²) in [4.78, 5) is 37.7. The zero-order chi connectivity index (χ0) is 28.7. The highest BCUT2D eigenvalue weighted by atomic mass is 19.3. The van der Waals surface area contributed by atoms with Gasteiger partial charge in [0.2, 0.25) is 5.95 Å². The van der Waals surface area contributed by atoms with Gasteiger partial charge in [0.15, 0.2) is 0 Å². The van der Waals surface area contributed by atoms with Crippen molar-refractivity contribution in [3.05, 3.63) is 70.3 Å². The quantitative estimate of drug-likeness (QED) is 0.320. The third-order valence-corrected chi connectivity index (χ3v) is 7.50. The number of carbonyl (C=O) groups excluding carboxylic acids is 1. The first-order chi connectivity index (χ1) is 19.8. The summed E-state index contributed by atoms with van der Waals surface area (Å²) in [7, 11) is 1.63. The number of alkyl halides is 2. The van der Waals surface area contributed by atoms with Crippen LogP contribution in [0.4, 0.5) is 19.5 Å². The molecule has 0 bridgehead atoms. The van der Waals surface area contributed by atoms with Crippen molar-refractivity contribution in [2.24, 2.45) is 7.05 Å². The Morgan fingerprint density at radius 2 is 1.93 bits per heavy atom. The van der Waals surface area contributed by atoms with Crippen LogP contribution in [0, 0.1) is 12.3 Å². The van der Waals surface area contributed by atoms with Crippen LogP contribution in [0.3, 0.4) is 0 Å². The van der Waals surface area contributed by atoms with Crippen LogP contribution in [0.5, 0.6) is 5.75 Å². The lowest BCUT2D eigenvalue weighted by atomic mass is 10.1. The van der Waals surface area contributed by atoms with Gasteiger partial charge in [-0.1, -0.05) is 12.1 Å². The van der Waals surface area contributed by atoms with Crippen molar-refractivity contribution in [2.45, 2.75) is 25.6 Å². The average Bonchev–Trinajstić information content (AvgIpc) is 3.46. The lowest BCUT2D eigenvalue weighted by Gasteiger charge is -2.35. The average molecular weight is 561 g/mol. The number of halogens is 2. The first kappa shape index (κ1) is 26.3. The number of cyclic esters (lactones) is 1. The molecule has 6 rings (SSSR count). The van der Waals surface area contributed by atoms with E-state index >= 15 is 0 Å². The van der Waals surface area contributed by atoms with E-state index < -0.39 is 6.61 Å². The SMILES string of the molecule is C#CCc1ccc(OC(F)F)c(Cn2c3cc(-c4cnc(N5CCN6C(=O)OC[C@H]6C5)nc4)ccc3c(=O)n2C)c1. The van der Waals surface area contributed by atoms with E-state index in [2.05, 4.69) is 15.9 Å². The lowest BCUT2D eigenvalue weighted by Crippen LogP contribution is -2.52. The number of piperazine rings is 1. The smallest absolute Gasteiger partial charge is 0.410 e. The molecular formula is C29H26F2N6O4. The highest BCUT2D eigenvalue weighted by Gasteiger charge is 2.38. The molecule has 41 heavy (non-hydrogen) atoms. The van der Waals surface area contributed by atoms with Crippen molar-refractivity contribution in [1.82, 2.24) is 24.2 Å². The Labute approximate surface area is 233 Å². The van der Waals surface area contributed by atoms with Crippen molar-refractivity contribution in [2.75, 3.05) is 31.1 Å². The van der Waals surface area contributed by atoms with E-state index in [4.69, 9.17) is 15.9 Å². The van der Waals surface area contributed by atoms with Gasteiger partial charge in [-0.15, -0.1) is 12.3 Å². The zero-order valence-corrected chi connectivity index (χ0v) is 22.2. The zero-order valence-electron chi connectivity index (χ0n) is 22.2. The van der Waals surface area contributed by atoms with Crippen LogP contribution in [0.25, 0.3) is 22.0 Å². The van der Waals surface area contributed by atoms with Crippen LogP contribution in [0.15, 0.2) is 53.6 Å². The summed E-state index contributed by atoms with van der Waals surface area (Å²) < 4.78 is 39.3. The third kappa shape index (κ3) is 4.95. The molecule has 0 radical (unpaired) electrons. The molecule has 2 aliphatic heterocycles. The molecule has 0 spiro atoms. The number of amides is 1. The predicted octanol–water partition coefficient (Wildman–Crippen LogP) is 3.26.